The summed E-state index contributed by atoms with van der Waals surface area (Å²) in [6.45, 7) is 0. The van der Waals surface area contributed by atoms with Gasteiger partial charge in [-0.15, -0.1) is 0 Å². The van der Waals surface area contributed by atoms with Gasteiger partial charge >= 0.3 is 0 Å². The van der Waals surface area contributed by atoms with Crippen LogP contribution in [0.1, 0.15) is 10.4 Å². The monoisotopic (exact) mass is 324 g/mol. The molecule has 6 heteroatoms. The number of hydrogen-bond donors (Lipinski definition) is 1. The summed E-state index contributed by atoms with van der Waals surface area (Å²) in [7, 11) is 1.50. The molecule has 1 aromatic carbocycles. The van der Waals surface area contributed by atoms with E-state index in [1.165, 1.54) is 31.5 Å². The fraction of sp³-hybridized carbons (Fsp3) is 0.0769. The Balaban J connectivity index is 2.18. The smallest absolute Gasteiger partial charge is 0.258 e. The summed E-state index contributed by atoms with van der Waals surface area (Å²) in [5.41, 5.74) is 0.426. The van der Waals surface area contributed by atoms with E-state index in [4.69, 9.17) is 4.74 Å². The zero-order valence-electron chi connectivity index (χ0n) is 9.98. The highest BCUT2D eigenvalue weighted by atomic mass is 79.9. The van der Waals surface area contributed by atoms with Crippen LogP contribution in [0.15, 0.2) is 41.0 Å². The molecule has 0 aliphatic carbocycles. The molecular formula is C13H10BrFN2O2. The summed E-state index contributed by atoms with van der Waals surface area (Å²) in [6, 6.07) is 7.40. The number of carbonyl (C=O) groups excluding carboxylic acids is 1. The zero-order chi connectivity index (χ0) is 13.8. The number of carbonyl (C=O) groups is 1. The molecule has 1 heterocycles. The van der Waals surface area contributed by atoms with Crippen LogP contribution < -0.4 is 10.1 Å². The molecule has 2 aromatic rings. The lowest BCUT2D eigenvalue weighted by Gasteiger charge is -2.06. The van der Waals surface area contributed by atoms with E-state index in [0.717, 1.165) is 0 Å². The van der Waals surface area contributed by atoms with Crippen molar-refractivity contribution in [3.05, 3.63) is 52.4 Å². The van der Waals surface area contributed by atoms with Crippen molar-refractivity contribution in [3.8, 4) is 5.88 Å². The van der Waals surface area contributed by atoms with Crippen LogP contribution in [0.5, 0.6) is 5.88 Å². The van der Waals surface area contributed by atoms with Crippen LogP contribution in [0.3, 0.4) is 0 Å². The van der Waals surface area contributed by atoms with Gasteiger partial charge in [-0.05, 0) is 24.3 Å². The number of benzene rings is 1. The first-order chi connectivity index (χ1) is 9.10. The summed E-state index contributed by atoms with van der Waals surface area (Å²) in [6.07, 6.45) is 1.44. The predicted octanol–water partition coefficient (Wildman–Crippen LogP) is 3.24. The van der Waals surface area contributed by atoms with Gasteiger partial charge in [0.1, 0.15) is 5.82 Å². The van der Waals surface area contributed by atoms with Crippen LogP contribution in [0, 0.1) is 5.82 Å². The number of rotatable bonds is 3. The van der Waals surface area contributed by atoms with Crippen molar-refractivity contribution >= 4 is 27.5 Å². The minimum absolute atomic E-state index is 0.0369. The van der Waals surface area contributed by atoms with Crippen LogP contribution in [-0.2, 0) is 0 Å². The first kappa shape index (κ1) is 13.5. The molecule has 0 fully saturated rings. The summed E-state index contributed by atoms with van der Waals surface area (Å²) in [5.74, 6) is -0.681. The molecule has 0 aliphatic heterocycles. The minimum atomic E-state index is -0.581. The van der Waals surface area contributed by atoms with Crippen LogP contribution in [-0.4, -0.2) is 18.0 Å². The Labute approximate surface area is 117 Å². The van der Waals surface area contributed by atoms with Gasteiger partial charge in [-0.25, -0.2) is 9.37 Å². The highest BCUT2D eigenvalue weighted by molar-refractivity contribution is 9.10. The topological polar surface area (TPSA) is 51.2 Å². The van der Waals surface area contributed by atoms with Crippen molar-refractivity contribution in [3.63, 3.8) is 0 Å². The second-order valence-corrected chi connectivity index (χ2v) is 4.58. The summed E-state index contributed by atoms with van der Waals surface area (Å²) < 4.78 is 19.1. The van der Waals surface area contributed by atoms with Crippen molar-refractivity contribution in [2.45, 2.75) is 0 Å². The highest BCUT2D eigenvalue weighted by Gasteiger charge is 2.12. The molecule has 1 amide bonds. The molecule has 4 nitrogen and oxygen atoms in total. The second kappa shape index (κ2) is 5.79. The molecule has 2 rings (SSSR count). The third-order valence-corrected chi connectivity index (χ3v) is 2.87. The average molecular weight is 325 g/mol. The molecule has 0 unspecified atom stereocenters. The van der Waals surface area contributed by atoms with E-state index < -0.39 is 11.7 Å². The Bertz CT molecular complexity index is 602. The number of methoxy groups -OCH3 is 1. The van der Waals surface area contributed by atoms with Crippen molar-refractivity contribution in [2.75, 3.05) is 12.4 Å². The van der Waals surface area contributed by atoms with Gasteiger partial charge in [0.2, 0.25) is 5.88 Å². The Morgan fingerprint density at radius 1 is 1.37 bits per heavy atom. The van der Waals surface area contributed by atoms with E-state index in [2.05, 4.69) is 26.2 Å². The maximum absolute atomic E-state index is 13.5. The fourth-order valence-corrected chi connectivity index (χ4v) is 1.81. The fourth-order valence-electron chi connectivity index (χ4n) is 1.44. The second-order valence-electron chi connectivity index (χ2n) is 3.67. The maximum atomic E-state index is 13.5. The van der Waals surface area contributed by atoms with Crippen LogP contribution in [0.4, 0.5) is 10.1 Å². The first-order valence-corrected chi connectivity index (χ1v) is 6.16. The normalized spacial score (nSPS) is 10.1. The maximum Gasteiger partial charge on any atom is 0.258 e. The molecule has 0 aliphatic rings. The molecule has 0 atom stereocenters. The van der Waals surface area contributed by atoms with Gasteiger partial charge in [-0.2, -0.15) is 0 Å². The number of nitrogens with zero attached hydrogens (tertiary/aromatic N) is 1. The van der Waals surface area contributed by atoms with Crippen LogP contribution >= 0.6 is 15.9 Å². The van der Waals surface area contributed by atoms with Crippen LogP contribution in [0.2, 0.25) is 0 Å². The lowest BCUT2D eigenvalue weighted by atomic mass is 10.2. The standard InChI is InChI=1S/C13H10BrFN2O2/c1-19-12-5-3-9(7-16-12)17-13(18)10-6-8(14)2-4-11(10)15/h2-7H,1H3,(H,17,18). The van der Waals surface area contributed by atoms with E-state index >= 15 is 0 Å². The summed E-state index contributed by atoms with van der Waals surface area (Å²) in [4.78, 5) is 15.9. The Kier molecular flexibility index (Phi) is 4.11. The van der Waals surface area contributed by atoms with E-state index in [1.807, 2.05) is 0 Å². The molecule has 0 saturated carbocycles. The van der Waals surface area contributed by atoms with Gasteiger partial charge < -0.3 is 10.1 Å². The molecule has 0 bridgehead atoms. The zero-order valence-corrected chi connectivity index (χ0v) is 11.6. The van der Waals surface area contributed by atoms with Gasteiger partial charge in [0.05, 0.1) is 24.6 Å². The predicted molar refractivity (Wildman–Crippen MR) is 72.8 cm³/mol. The third kappa shape index (κ3) is 3.29. The van der Waals surface area contributed by atoms with E-state index in [1.54, 1.807) is 12.1 Å². The lowest BCUT2D eigenvalue weighted by molar-refractivity contribution is 0.102. The highest BCUT2D eigenvalue weighted by Crippen LogP contribution is 2.18. The van der Waals surface area contributed by atoms with E-state index in [-0.39, 0.29) is 5.56 Å². The molecular weight excluding hydrogens is 315 g/mol. The summed E-state index contributed by atoms with van der Waals surface area (Å²) >= 11 is 3.19. The van der Waals surface area contributed by atoms with Crippen LogP contribution in [0.25, 0.3) is 0 Å². The number of halogens is 2. The lowest BCUT2D eigenvalue weighted by Crippen LogP contribution is -2.13. The number of aromatic nitrogens is 1. The van der Waals surface area contributed by atoms with Crippen molar-refractivity contribution in [1.82, 2.24) is 4.98 Å². The SMILES string of the molecule is COc1ccc(NC(=O)c2cc(Br)ccc2F)cn1. The number of amides is 1. The van der Waals surface area contributed by atoms with E-state index in [9.17, 15) is 9.18 Å². The molecule has 0 radical (unpaired) electrons. The Morgan fingerprint density at radius 2 is 2.16 bits per heavy atom. The molecule has 0 saturated heterocycles. The van der Waals surface area contributed by atoms with Crippen molar-refractivity contribution in [1.29, 1.82) is 0 Å². The molecule has 1 N–H and O–H groups in total. The minimum Gasteiger partial charge on any atom is -0.481 e. The molecule has 1 aromatic heterocycles. The van der Waals surface area contributed by atoms with Gasteiger partial charge in [0.25, 0.3) is 5.91 Å². The average Bonchev–Trinajstić information content (AvgIpc) is 2.42. The van der Waals surface area contributed by atoms with Gasteiger partial charge in [0, 0.05) is 10.5 Å². The first-order valence-electron chi connectivity index (χ1n) is 5.36. The molecule has 98 valence electrons. The Hall–Kier alpha value is -1.95. The summed E-state index contributed by atoms with van der Waals surface area (Å²) in [5, 5.41) is 2.56. The number of pyridine rings is 1. The Morgan fingerprint density at radius 3 is 2.79 bits per heavy atom. The quantitative estimate of drug-likeness (QED) is 0.942. The number of nitrogens with one attached hydrogen (secondary N) is 1. The number of ether oxygens (including phenoxy) is 1. The van der Waals surface area contributed by atoms with Crippen molar-refractivity contribution in [2.24, 2.45) is 0 Å². The number of hydrogen-bond acceptors (Lipinski definition) is 3. The molecule has 19 heavy (non-hydrogen) atoms. The number of anilines is 1. The van der Waals surface area contributed by atoms with Gasteiger partial charge in [-0.1, -0.05) is 15.9 Å². The van der Waals surface area contributed by atoms with E-state index in [0.29, 0.717) is 16.0 Å². The van der Waals surface area contributed by atoms with Gasteiger partial charge in [-0.3, -0.25) is 4.79 Å². The molecule has 0 spiro atoms. The van der Waals surface area contributed by atoms with Crippen molar-refractivity contribution < 1.29 is 13.9 Å². The third-order valence-electron chi connectivity index (χ3n) is 2.38. The largest absolute Gasteiger partial charge is 0.481 e. The van der Waals surface area contributed by atoms with Gasteiger partial charge in [0.15, 0.2) is 0 Å².